The lowest BCUT2D eigenvalue weighted by atomic mass is 9.98. The number of benzene rings is 3. The molecule has 2 amide bonds. The summed E-state index contributed by atoms with van der Waals surface area (Å²) in [5, 5.41) is 10.9. The van der Waals surface area contributed by atoms with Crippen LogP contribution in [0.25, 0.3) is 22.0 Å². The number of halogens is 1. The van der Waals surface area contributed by atoms with Crippen molar-refractivity contribution in [2.45, 2.75) is 64.3 Å². The third-order valence-electron chi connectivity index (χ3n) is 13.0. The normalized spacial score (nSPS) is 18.1. The lowest BCUT2D eigenvalue weighted by Gasteiger charge is -2.43. The number of nitrogens with one attached hydrogen (secondary N) is 3. The molecule has 17 heteroatoms. The molecule has 9 rings (SSSR count). The number of ether oxygens (including phenoxy) is 1. The van der Waals surface area contributed by atoms with E-state index in [-0.39, 0.29) is 11.8 Å². The Morgan fingerprint density at radius 2 is 1.71 bits per heavy atom. The van der Waals surface area contributed by atoms with E-state index in [0.29, 0.717) is 58.0 Å². The zero-order valence-corrected chi connectivity index (χ0v) is 40.1. The Bertz CT molecular complexity index is 2820. The summed E-state index contributed by atoms with van der Waals surface area (Å²) in [5.74, 6) is 0.923. The maximum atomic E-state index is 13.7. The summed E-state index contributed by atoms with van der Waals surface area (Å²) in [6, 6.07) is 18.7. The summed E-state index contributed by atoms with van der Waals surface area (Å²) in [7, 11) is -1.03. The first-order valence-electron chi connectivity index (χ1n) is 22.5. The molecule has 3 fully saturated rings. The fourth-order valence-corrected chi connectivity index (χ4v) is 11.3. The molecule has 1 atom stereocenters. The Hall–Kier alpha value is -5.41. The number of piperazine rings is 1. The largest absolute Gasteiger partial charge is 0.494 e. The monoisotopic (exact) mass is 962 g/mol. The van der Waals surface area contributed by atoms with Crippen LogP contribution in [0.4, 0.5) is 28.8 Å². The second kappa shape index (κ2) is 18.8. The second-order valence-electron chi connectivity index (χ2n) is 17.7. The molecule has 3 aromatic heterocycles. The SMILES string of the molecule is CCc1cc(Nc2ncc(Br)c(Nc3ccc4nc(C)ccc4c3P(C)(C)=O)n2)c(OC)cc1N1CCC(N2CCN(CCc3ccc4oc(C5CCC(=O)NC5=O)nc4c3)CC2)CC1. The average molecular weight is 964 g/mol. The van der Waals surface area contributed by atoms with Gasteiger partial charge in [0.05, 0.1) is 28.5 Å². The number of hydrogen-bond donors (Lipinski definition) is 3. The van der Waals surface area contributed by atoms with Crippen LogP contribution >= 0.6 is 23.1 Å². The standard InChI is InChI=1S/C48H56BrN10O5P/c1-6-31-26-39(54-48-50-28-35(49)45(56-48)52-37-12-11-36-33(9-7-29(2)51-36)44(37)65(4,5)62)42(63-3)27-40(31)59-19-16-32(17-20-59)58-23-21-57(22-24-58)18-15-30-8-13-41-38(25-30)53-47(64-41)34-10-14-43(60)55-46(34)61/h7-9,11-13,25-28,32,34H,6,10,14-24H2,1-5H3,(H,55,60,61)(H2,50,52,54,56). The Morgan fingerprint density at radius 1 is 0.908 bits per heavy atom. The fourth-order valence-electron chi connectivity index (χ4n) is 9.53. The van der Waals surface area contributed by atoms with Crippen molar-refractivity contribution in [2.24, 2.45) is 0 Å². The molecule has 6 heterocycles. The van der Waals surface area contributed by atoms with Gasteiger partial charge in [0.1, 0.15) is 30.1 Å². The number of imide groups is 1. The number of oxazole rings is 1. The number of piperidine rings is 2. The summed E-state index contributed by atoms with van der Waals surface area (Å²) in [6.07, 6.45) is 6.39. The van der Waals surface area contributed by atoms with Crippen molar-refractivity contribution < 1.29 is 23.3 Å². The predicted octanol–water partition coefficient (Wildman–Crippen LogP) is 7.89. The zero-order chi connectivity index (χ0) is 45.4. The minimum Gasteiger partial charge on any atom is -0.494 e. The van der Waals surface area contributed by atoms with Gasteiger partial charge in [-0.05, 0) is 116 Å². The van der Waals surface area contributed by atoms with Crippen LogP contribution < -0.4 is 30.9 Å². The number of carbonyl (C=O) groups is 2. The van der Waals surface area contributed by atoms with Crippen molar-refractivity contribution in [3.8, 4) is 5.75 Å². The van der Waals surface area contributed by atoms with Crippen molar-refractivity contribution in [2.75, 3.05) is 81.8 Å². The highest BCUT2D eigenvalue weighted by molar-refractivity contribution is 9.10. The summed E-state index contributed by atoms with van der Waals surface area (Å²) < 4.78 is 26.2. The van der Waals surface area contributed by atoms with E-state index >= 15 is 0 Å². The molecule has 340 valence electrons. The van der Waals surface area contributed by atoms with E-state index in [0.717, 1.165) is 105 Å². The van der Waals surface area contributed by atoms with Gasteiger partial charge in [-0.2, -0.15) is 4.98 Å². The first-order chi connectivity index (χ1) is 31.3. The van der Waals surface area contributed by atoms with Crippen molar-refractivity contribution >= 4 is 91.0 Å². The van der Waals surface area contributed by atoms with Gasteiger partial charge in [-0.25, -0.2) is 9.97 Å². The highest BCUT2D eigenvalue weighted by atomic mass is 79.9. The minimum atomic E-state index is -2.72. The number of fused-ring (bicyclic) bond motifs is 2. The topological polar surface area (TPSA) is 171 Å². The van der Waals surface area contributed by atoms with Gasteiger partial charge in [0.25, 0.3) is 0 Å². The van der Waals surface area contributed by atoms with Crippen LogP contribution in [0.3, 0.4) is 0 Å². The summed E-state index contributed by atoms with van der Waals surface area (Å²) in [4.78, 5) is 50.4. The van der Waals surface area contributed by atoms with Crippen LogP contribution in [0.1, 0.15) is 61.2 Å². The van der Waals surface area contributed by atoms with E-state index in [1.165, 1.54) is 16.8 Å². The van der Waals surface area contributed by atoms with Gasteiger partial charge in [-0.1, -0.05) is 19.1 Å². The fraction of sp³-hybridized carbons (Fsp3) is 0.417. The minimum absolute atomic E-state index is 0.246. The van der Waals surface area contributed by atoms with E-state index in [1.54, 1.807) is 26.6 Å². The van der Waals surface area contributed by atoms with E-state index in [9.17, 15) is 14.2 Å². The molecular formula is C48H56BrN10O5P. The Morgan fingerprint density at radius 3 is 2.45 bits per heavy atom. The van der Waals surface area contributed by atoms with Gasteiger partial charge in [-0.15, -0.1) is 0 Å². The van der Waals surface area contributed by atoms with Gasteiger partial charge >= 0.3 is 0 Å². The van der Waals surface area contributed by atoms with Gasteiger partial charge < -0.3 is 34.2 Å². The molecule has 0 aliphatic carbocycles. The maximum Gasteiger partial charge on any atom is 0.239 e. The number of aromatic nitrogens is 4. The van der Waals surface area contributed by atoms with Crippen molar-refractivity contribution in [3.05, 3.63) is 88.0 Å². The van der Waals surface area contributed by atoms with E-state index in [2.05, 4.69) is 92.7 Å². The van der Waals surface area contributed by atoms with Crippen LogP contribution in [0.15, 0.2) is 69.7 Å². The molecule has 3 aliphatic rings. The highest BCUT2D eigenvalue weighted by Gasteiger charge is 2.33. The smallest absolute Gasteiger partial charge is 0.239 e. The number of pyridine rings is 1. The number of carbonyl (C=O) groups excluding carboxylic acids is 2. The number of hydrogen-bond acceptors (Lipinski definition) is 14. The number of aryl methyl sites for hydroxylation is 2. The molecule has 3 aromatic carbocycles. The molecule has 0 spiro atoms. The van der Waals surface area contributed by atoms with Crippen LogP contribution in [-0.2, 0) is 27.0 Å². The molecule has 3 aliphatic heterocycles. The van der Waals surface area contributed by atoms with Gasteiger partial charge in [0.15, 0.2) is 5.58 Å². The summed E-state index contributed by atoms with van der Waals surface area (Å²) in [5.41, 5.74) is 8.23. The third-order valence-corrected chi connectivity index (χ3v) is 15.1. The molecule has 15 nitrogen and oxygen atoms in total. The summed E-state index contributed by atoms with van der Waals surface area (Å²) in [6.45, 7) is 14.8. The Kier molecular flexibility index (Phi) is 13.0. The Labute approximate surface area is 387 Å². The molecule has 3 N–H and O–H groups in total. The average Bonchev–Trinajstić information content (AvgIpc) is 3.72. The van der Waals surface area contributed by atoms with E-state index in [4.69, 9.17) is 14.1 Å². The number of amides is 2. The number of methoxy groups -OCH3 is 1. The number of rotatable bonds is 13. The molecule has 0 saturated carbocycles. The van der Waals surface area contributed by atoms with Crippen molar-refractivity contribution in [1.82, 2.24) is 35.1 Å². The molecule has 3 saturated heterocycles. The maximum absolute atomic E-state index is 13.7. The van der Waals surface area contributed by atoms with Crippen LogP contribution in [0.2, 0.25) is 0 Å². The summed E-state index contributed by atoms with van der Waals surface area (Å²) >= 11 is 3.63. The molecule has 0 bridgehead atoms. The van der Waals surface area contributed by atoms with Crippen molar-refractivity contribution in [1.29, 1.82) is 0 Å². The van der Waals surface area contributed by atoms with E-state index < -0.39 is 13.1 Å². The van der Waals surface area contributed by atoms with Crippen LogP contribution in [-0.4, -0.2) is 114 Å². The van der Waals surface area contributed by atoms with Gasteiger partial charge in [-0.3, -0.25) is 24.8 Å². The lowest BCUT2D eigenvalue weighted by molar-refractivity contribution is -0.134. The molecule has 0 radical (unpaired) electrons. The van der Waals surface area contributed by atoms with Gasteiger partial charge in [0.2, 0.25) is 23.7 Å². The van der Waals surface area contributed by atoms with E-state index in [1.807, 2.05) is 37.3 Å². The quantitative estimate of drug-likeness (QED) is 0.0754. The zero-order valence-electron chi connectivity index (χ0n) is 37.6. The predicted molar refractivity (Wildman–Crippen MR) is 260 cm³/mol. The molecular weight excluding hydrogens is 907 g/mol. The lowest BCUT2D eigenvalue weighted by Crippen LogP contribution is -2.53. The molecule has 1 unspecified atom stereocenters. The van der Waals surface area contributed by atoms with Crippen LogP contribution in [0.5, 0.6) is 5.75 Å². The first kappa shape index (κ1) is 44.8. The number of nitrogens with zero attached hydrogens (tertiary/aromatic N) is 7. The first-order valence-corrected chi connectivity index (χ1v) is 25.9. The highest BCUT2D eigenvalue weighted by Crippen LogP contribution is 2.42. The molecule has 65 heavy (non-hydrogen) atoms. The second-order valence-corrected chi connectivity index (χ2v) is 21.7. The van der Waals surface area contributed by atoms with Crippen molar-refractivity contribution in [3.63, 3.8) is 0 Å². The van der Waals surface area contributed by atoms with Crippen LogP contribution in [0, 0.1) is 6.92 Å². The van der Waals surface area contributed by atoms with Gasteiger partial charge in [0, 0.05) is 92.6 Å². The molecule has 6 aromatic rings. The number of anilines is 5. The Balaban J connectivity index is 0.799. The third kappa shape index (κ3) is 9.77.